The topological polar surface area (TPSA) is 57.7 Å². The Bertz CT molecular complexity index is 640. The van der Waals surface area contributed by atoms with Crippen LogP contribution in [0.2, 0.25) is 0 Å². The van der Waals surface area contributed by atoms with Crippen molar-refractivity contribution in [1.29, 1.82) is 0 Å². The first-order valence-electron chi connectivity index (χ1n) is 8.82. The van der Waals surface area contributed by atoms with Crippen molar-refractivity contribution in [1.82, 2.24) is 9.88 Å². The van der Waals surface area contributed by atoms with E-state index in [1.807, 2.05) is 30.5 Å². The van der Waals surface area contributed by atoms with Gasteiger partial charge in [0.25, 0.3) is 0 Å². The Hall–Kier alpha value is -1.56. The number of aromatic nitrogens is 1. The molecule has 1 aromatic heterocycles. The van der Waals surface area contributed by atoms with Gasteiger partial charge in [0.05, 0.1) is 6.10 Å². The normalized spacial score (nSPS) is 20.1. The molecular formula is C19H28N2O3. The second-order valence-electron chi connectivity index (χ2n) is 7.06. The monoisotopic (exact) mass is 332 g/mol. The van der Waals surface area contributed by atoms with E-state index in [1.165, 1.54) is 0 Å². The Kier molecular flexibility index (Phi) is 5.76. The van der Waals surface area contributed by atoms with E-state index in [2.05, 4.69) is 23.7 Å². The van der Waals surface area contributed by atoms with Crippen LogP contribution in [0.15, 0.2) is 30.5 Å². The van der Waals surface area contributed by atoms with Crippen LogP contribution >= 0.6 is 0 Å². The summed E-state index contributed by atoms with van der Waals surface area (Å²) in [5.74, 6) is 1.38. The van der Waals surface area contributed by atoms with E-state index < -0.39 is 6.10 Å². The smallest absolute Gasteiger partial charge is 0.128 e. The molecule has 1 fully saturated rings. The number of benzene rings is 1. The molecule has 2 atom stereocenters. The van der Waals surface area contributed by atoms with Crippen molar-refractivity contribution >= 4 is 10.9 Å². The van der Waals surface area contributed by atoms with Gasteiger partial charge >= 0.3 is 0 Å². The first-order chi connectivity index (χ1) is 11.6. The number of aliphatic hydroxyl groups is 1. The van der Waals surface area contributed by atoms with E-state index >= 15 is 0 Å². The number of aliphatic hydroxyl groups excluding tert-OH is 1. The Morgan fingerprint density at radius 3 is 3.00 bits per heavy atom. The Morgan fingerprint density at radius 2 is 2.17 bits per heavy atom. The lowest BCUT2D eigenvalue weighted by Crippen LogP contribution is -2.35. The standard InChI is InChI=1S/C19H28N2O3/c1-14(2)12-23-16-7-9-21(11-16)10-15(22)13-24-19-5-3-4-18-17(19)6-8-20-18/h3-6,8,14-16,20,22H,7,9-13H2,1-2H3. The number of fused-ring (bicyclic) bond motifs is 1. The zero-order valence-corrected chi connectivity index (χ0v) is 14.6. The summed E-state index contributed by atoms with van der Waals surface area (Å²) in [4.78, 5) is 5.43. The molecule has 1 aromatic carbocycles. The van der Waals surface area contributed by atoms with Crippen molar-refractivity contribution in [3.05, 3.63) is 30.5 Å². The SMILES string of the molecule is CC(C)COC1CCN(CC(O)COc2cccc3[nH]ccc23)C1. The van der Waals surface area contributed by atoms with E-state index in [0.29, 0.717) is 25.2 Å². The van der Waals surface area contributed by atoms with E-state index in [-0.39, 0.29) is 0 Å². The minimum atomic E-state index is -0.497. The molecule has 0 saturated carbocycles. The number of hydrogen-bond donors (Lipinski definition) is 2. The molecule has 2 N–H and O–H groups in total. The van der Waals surface area contributed by atoms with Gasteiger partial charge in [0, 0.05) is 43.3 Å². The van der Waals surface area contributed by atoms with Crippen LogP contribution in [-0.2, 0) is 4.74 Å². The van der Waals surface area contributed by atoms with Crippen LogP contribution < -0.4 is 4.74 Å². The number of nitrogens with zero attached hydrogens (tertiary/aromatic N) is 1. The highest BCUT2D eigenvalue weighted by Crippen LogP contribution is 2.24. The third-order valence-corrected chi connectivity index (χ3v) is 4.35. The number of aromatic amines is 1. The third-order valence-electron chi connectivity index (χ3n) is 4.35. The number of likely N-dealkylation sites (tertiary alicyclic amines) is 1. The lowest BCUT2D eigenvalue weighted by molar-refractivity contribution is 0.0333. The highest BCUT2D eigenvalue weighted by Gasteiger charge is 2.25. The van der Waals surface area contributed by atoms with Gasteiger partial charge in [0.15, 0.2) is 0 Å². The van der Waals surface area contributed by atoms with Gasteiger partial charge in [0.1, 0.15) is 18.5 Å². The lowest BCUT2D eigenvalue weighted by Gasteiger charge is -2.21. The maximum Gasteiger partial charge on any atom is 0.128 e. The van der Waals surface area contributed by atoms with E-state index in [0.717, 1.165) is 42.8 Å². The number of hydrogen-bond acceptors (Lipinski definition) is 4. The van der Waals surface area contributed by atoms with Crippen molar-refractivity contribution in [2.45, 2.75) is 32.5 Å². The molecule has 132 valence electrons. The minimum Gasteiger partial charge on any atom is -0.490 e. The van der Waals surface area contributed by atoms with Crippen molar-refractivity contribution < 1.29 is 14.6 Å². The van der Waals surface area contributed by atoms with Crippen LogP contribution in [0.4, 0.5) is 0 Å². The van der Waals surface area contributed by atoms with E-state index in [9.17, 15) is 5.11 Å². The predicted molar refractivity (Wildman–Crippen MR) is 95.4 cm³/mol. The van der Waals surface area contributed by atoms with Crippen molar-refractivity contribution in [2.75, 3.05) is 32.8 Å². The van der Waals surface area contributed by atoms with Crippen molar-refractivity contribution in [2.24, 2.45) is 5.92 Å². The van der Waals surface area contributed by atoms with Crippen molar-refractivity contribution in [3.63, 3.8) is 0 Å². The molecule has 1 aliphatic heterocycles. The number of β-amino-alcohol motifs (C(OH)–C–C–N with tert-alkyl or cyclic N) is 1. The van der Waals surface area contributed by atoms with Crippen LogP contribution in [0.25, 0.3) is 10.9 Å². The van der Waals surface area contributed by atoms with Crippen LogP contribution in [0, 0.1) is 5.92 Å². The van der Waals surface area contributed by atoms with Gasteiger partial charge in [-0.2, -0.15) is 0 Å². The van der Waals surface area contributed by atoms with E-state index in [4.69, 9.17) is 9.47 Å². The molecule has 0 aliphatic carbocycles. The van der Waals surface area contributed by atoms with Crippen molar-refractivity contribution in [3.8, 4) is 5.75 Å². The molecule has 0 spiro atoms. The summed E-state index contributed by atoms with van der Waals surface area (Å²) in [6.07, 6.45) is 2.75. The first-order valence-corrected chi connectivity index (χ1v) is 8.82. The molecule has 1 saturated heterocycles. The Morgan fingerprint density at radius 1 is 1.29 bits per heavy atom. The van der Waals surface area contributed by atoms with Crippen LogP contribution in [0.5, 0.6) is 5.75 Å². The predicted octanol–water partition coefficient (Wildman–Crippen LogP) is 2.65. The quantitative estimate of drug-likeness (QED) is 0.780. The Balaban J connectivity index is 1.43. The average molecular weight is 332 g/mol. The fourth-order valence-electron chi connectivity index (χ4n) is 3.15. The molecule has 2 heterocycles. The molecule has 0 radical (unpaired) electrons. The molecule has 1 aliphatic rings. The number of rotatable bonds is 8. The molecule has 2 aromatic rings. The summed E-state index contributed by atoms with van der Waals surface area (Å²) in [6.45, 7) is 7.95. The summed E-state index contributed by atoms with van der Waals surface area (Å²) in [5, 5.41) is 11.3. The highest BCUT2D eigenvalue weighted by atomic mass is 16.5. The summed E-state index contributed by atoms with van der Waals surface area (Å²) in [6, 6.07) is 7.90. The fraction of sp³-hybridized carbons (Fsp3) is 0.579. The van der Waals surface area contributed by atoms with Gasteiger partial charge < -0.3 is 19.6 Å². The van der Waals surface area contributed by atoms with Gasteiger partial charge in [0.2, 0.25) is 0 Å². The zero-order valence-electron chi connectivity index (χ0n) is 14.6. The Labute approximate surface area is 143 Å². The van der Waals surface area contributed by atoms with Gasteiger partial charge in [-0.3, -0.25) is 4.90 Å². The van der Waals surface area contributed by atoms with Gasteiger partial charge in [-0.05, 0) is 30.5 Å². The number of ether oxygens (including phenoxy) is 2. The number of H-pyrrole nitrogens is 1. The largest absolute Gasteiger partial charge is 0.490 e. The molecule has 5 nitrogen and oxygen atoms in total. The summed E-state index contributed by atoms with van der Waals surface area (Å²) >= 11 is 0. The number of nitrogens with one attached hydrogen (secondary N) is 1. The van der Waals surface area contributed by atoms with Crippen LogP contribution in [0.3, 0.4) is 0 Å². The third kappa shape index (κ3) is 4.50. The maximum absolute atomic E-state index is 10.3. The highest BCUT2D eigenvalue weighted by molar-refractivity contribution is 5.85. The molecule has 0 bridgehead atoms. The second-order valence-corrected chi connectivity index (χ2v) is 7.06. The maximum atomic E-state index is 10.3. The second kappa shape index (κ2) is 8.01. The molecule has 2 unspecified atom stereocenters. The molecule has 24 heavy (non-hydrogen) atoms. The van der Waals surface area contributed by atoms with E-state index in [1.54, 1.807) is 0 Å². The van der Waals surface area contributed by atoms with Crippen LogP contribution in [0.1, 0.15) is 20.3 Å². The summed E-state index contributed by atoms with van der Waals surface area (Å²) in [7, 11) is 0. The molecular weight excluding hydrogens is 304 g/mol. The molecule has 5 heteroatoms. The summed E-state index contributed by atoms with van der Waals surface area (Å²) in [5.41, 5.74) is 1.05. The van der Waals surface area contributed by atoms with Gasteiger partial charge in [-0.1, -0.05) is 19.9 Å². The van der Waals surface area contributed by atoms with Gasteiger partial charge in [-0.25, -0.2) is 0 Å². The fourth-order valence-corrected chi connectivity index (χ4v) is 3.15. The first kappa shape index (κ1) is 17.3. The minimum absolute atomic E-state index is 0.300. The lowest BCUT2D eigenvalue weighted by atomic mass is 10.2. The summed E-state index contributed by atoms with van der Waals surface area (Å²) < 4.78 is 11.7. The zero-order chi connectivity index (χ0) is 16.9. The molecule has 0 amide bonds. The van der Waals surface area contributed by atoms with Gasteiger partial charge in [-0.15, -0.1) is 0 Å². The van der Waals surface area contributed by atoms with Crippen LogP contribution in [-0.4, -0.2) is 60.0 Å². The average Bonchev–Trinajstić information content (AvgIpc) is 3.20. The molecule has 3 rings (SSSR count).